The summed E-state index contributed by atoms with van der Waals surface area (Å²) in [5.74, 6) is 0. The lowest BCUT2D eigenvalue weighted by Gasteiger charge is -2.14. The minimum absolute atomic E-state index is 0.134. The third kappa shape index (κ3) is 2.56. The van der Waals surface area contributed by atoms with Crippen LogP contribution in [0.15, 0.2) is 9.59 Å². The molecule has 21 heavy (non-hydrogen) atoms. The highest BCUT2D eigenvalue weighted by Gasteiger charge is 2.20. The molecule has 0 saturated carbocycles. The summed E-state index contributed by atoms with van der Waals surface area (Å²) in [6, 6.07) is -0.222. The van der Waals surface area contributed by atoms with Gasteiger partial charge in [-0.1, -0.05) is 0 Å². The first-order valence-electron chi connectivity index (χ1n) is 6.81. The van der Waals surface area contributed by atoms with E-state index in [1.165, 1.54) is 15.9 Å². The van der Waals surface area contributed by atoms with Crippen molar-refractivity contribution < 1.29 is 9.84 Å². The number of thiophene rings is 1. The average molecular weight is 312 g/mol. The number of aliphatic hydroxyl groups is 1. The van der Waals surface area contributed by atoms with Crippen molar-refractivity contribution in [1.82, 2.24) is 9.13 Å². The Morgan fingerprint density at radius 1 is 1.33 bits per heavy atom. The first kappa shape index (κ1) is 15.9. The lowest BCUT2D eigenvalue weighted by Crippen LogP contribution is -2.41. The monoisotopic (exact) mass is 312 g/mol. The van der Waals surface area contributed by atoms with Crippen LogP contribution in [0, 0.1) is 6.92 Å². The van der Waals surface area contributed by atoms with Crippen LogP contribution in [-0.2, 0) is 17.9 Å². The van der Waals surface area contributed by atoms with Crippen molar-refractivity contribution in [3.8, 4) is 0 Å². The minimum atomic E-state index is -0.328. The normalized spacial score (nSPS) is 11.7. The van der Waals surface area contributed by atoms with Crippen LogP contribution in [0.4, 0.5) is 0 Å². The average Bonchev–Trinajstić information content (AvgIpc) is 2.75. The molecule has 2 rings (SSSR count). The molecule has 0 bridgehead atoms. The van der Waals surface area contributed by atoms with Crippen LogP contribution in [0.25, 0.3) is 10.2 Å². The fraction of sp³-hybridized carbons (Fsp3) is 0.571. The van der Waals surface area contributed by atoms with Gasteiger partial charge in [-0.15, -0.1) is 11.3 Å². The molecule has 0 aliphatic rings. The topological polar surface area (TPSA) is 73.5 Å². The molecule has 0 aliphatic heterocycles. The van der Waals surface area contributed by atoms with E-state index in [1.54, 1.807) is 11.7 Å². The van der Waals surface area contributed by atoms with Gasteiger partial charge in [0.05, 0.1) is 25.1 Å². The van der Waals surface area contributed by atoms with Crippen molar-refractivity contribution >= 4 is 21.6 Å². The zero-order valence-electron chi connectivity index (χ0n) is 12.7. The summed E-state index contributed by atoms with van der Waals surface area (Å²) < 4.78 is 7.88. The fourth-order valence-electron chi connectivity index (χ4n) is 2.40. The Kier molecular flexibility index (Phi) is 4.65. The smallest absolute Gasteiger partial charge is 0.332 e. The molecule has 0 spiro atoms. The maximum absolute atomic E-state index is 12.6. The molecule has 0 amide bonds. The number of aromatic nitrogens is 2. The molecule has 0 radical (unpaired) electrons. The fourth-order valence-corrected chi connectivity index (χ4v) is 3.57. The highest BCUT2D eigenvalue weighted by molar-refractivity contribution is 7.18. The summed E-state index contributed by atoms with van der Waals surface area (Å²) in [5, 5.41) is 9.94. The number of methoxy groups -OCH3 is 1. The van der Waals surface area contributed by atoms with Crippen molar-refractivity contribution in [3.05, 3.63) is 31.3 Å². The predicted octanol–water partition coefficient (Wildman–Crippen LogP) is 1.25. The summed E-state index contributed by atoms with van der Waals surface area (Å²) in [7, 11) is 1.57. The molecular weight excluding hydrogens is 292 g/mol. The van der Waals surface area contributed by atoms with Gasteiger partial charge in [-0.3, -0.25) is 13.9 Å². The zero-order valence-corrected chi connectivity index (χ0v) is 13.5. The molecule has 7 heteroatoms. The number of rotatable bonds is 5. The second-order valence-electron chi connectivity index (χ2n) is 5.18. The van der Waals surface area contributed by atoms with Gasteiger partial charge in [0.25, 0.3) is 5.56 Å². The van der Waals surface area contributed by atoms with Gasteiger partial charge >= 0.3 is 5.69 Å². The SMILES string of the molecule is COCCn1c(=O)n(C(C)C)c(=O)c2c(C)c(CO)sc21. The van der Waals surface area contributed by atoms with E-state index >= 15 is 0 Å². The van der Waals surface area contributed by atoms with Crippen LogP contribution in [0.3, 0.4) is 0 Å². The van der Waals surface area contributed by atoms with Gasteiger partial charge in [-0.2, -0.15) is 0 Å². The van der Waals surface area contributed by atoms with Crippen LogP contribution < -0.4 is 11.2 Å². The van der Waals surface area contributed by atoms with E-state index in [0.29, 0.717) is 28.2 Å². The van der Waals surface area contributed by atoms with Gasteiger partial charge in [0.15, 0.2) is 0 Å². The molecule has 0 saturated heterocycles. The van der Waals surface area contributed by atoms with Gasteiger partial charge in [0.2, 0.25) is 0 Å². The Morgan fingerprint density at radius 2 is 2.00 bits per heavy atom. The number of hydrogen-bond acceptors (Lipinski definition) is 5. The van der Waals surface area contributed by atoms with E-state index in [9.17, 15) is 14.7 Å². The molecule has 2 aromatic heterocycles. The molecule has 2 aromatic rings. The first-order valence-corrected chi connectivity index (χ1v) is 7.62. The van der Waals surface area contributed by atoms with Crippen LogP contribution in [0.5, 0.6) is 0 Å². The molecule has 0 fully saturated rings. The molecule has 6 nitrogen and oxygen atoms in total. The molecule has 0 aliphatic carbocycles. The second-order valence-corrected chi connectivity index (χ2v) is 6.27. The van der Waals surface area contributed by atoms with Gasteiger partial charge in [-0.05, 0) is 26.3 Å². The van der Waals surface area contributed by atoms with E-state index in [1.807, 2.05) is 20.8 Å². The van der Waals surface area contributed by atoms with E-state index < -0.39 is 0 Å². The number of aliphatic hydroxyl groups excluding tert-OH is 1. The number of ether oxygens (including phenoxy) is 1. The van der Waals surface area contributed by atoms with Crippen molar-refractivity contribution in [3.63, 3.8) is 0 Å². The lowest BCUT2D eigenvalue weighted by molar-refractivity contribution is 0.186. The Labute approximate surface area is 126 Å². The molecule has 116 valence electrons. The van der Waals surface area contributed by atoms with Gasteiger partial charge in [-0.25, -0.2) is 4.79 Å². The molecule has 1 N–H and O–H groups in total. The molecule has 0 atom stereocenters. The van der Waals surface area contributed by atoms with Crippen molar-refractivity contribution in [2.24, 2.45) is 0 Å². The summed E-state index contributed by atoms with van der Waals surface area (Å²) in [5.41, 5.74) is 0.139. The number of fused-ring (bicyclic) bond motifs is 1. The molecule has 0 unspecified atom stereocenters. The second kappa shape index (κ2) is 6.13. The number of aryl methyl sites for hydroxylation is 1. The van der Waals surface area contributed by atoms with Crippen LogP contribution >= 0.6 is 11.3 Å². The maximum atomic E-state index is 12.6. The summed E-state index contributed by atoms with van der Waals surface area (Å²) >= 11 is 1.29. The van der Waals surface area contributed by atoms with E-state index in [4.69, 9.17) is 4.74 Å². The molecule has 0 aromatic carbocycles. The zero-order chi connectivity index (χ0) is 15.7. The standard InChI is InChI=1S/C14H20N2O4S/c1-8(2)16-12(18)11-9(3)10(7-17)21-13(11)15(14(16)19)5-6-20-4/h8,17H,5-7H2,1-4H3. The maximum Gasteiger partial charge on any atom is 0.332 e. The highest BCUT2D eigenvalue weighted by Crippen LogP contribution is 2.27. The lowest BCUT2D eigenvalue weighted by atomic mass is 10.2. The third-order valence-corrected chi connectivity index (χ3v) is 4.82. The van der Waals surface area contributed by atoms with Crippen molar-refractivity contribution in [2.45, 2.75) is 40.0 Å². The Morgan fingerprint density at radius 3 is 2.52 bits per heavy atom. The van der Waals surface area contributed by atoms with Crippen LogP contribution in [0.1, 0.15) is 30.3 Å². The predicted molar refractivity (Wildman–Crippen MR) is 83.3 cm³/mol. The Balaban J connectivity index is 2.92. The van der Waals surface area contributed by atoms with Crippen LogP contribution in [-0.4, -0.2) is 28.0 Å². The van der Waals surface area contributed by atoms with Crippen molar-refractivity contribution in [1.29, 1.82) is 0 Å². The largest absolute Gasteiger partial charge is 0.391 e. The van der Waals surface area contributed by atoms with E-state index in [2.05, 4.69) is 0 Å². The molecule has 2 heterocycles. The quantitative estimate of drug-likeness (QED) is 0.902. The summed E-state index contributed by atoms with van der Waals surface area (Å²) in [6.07, 6.45) is 0. The minimum Gasteiger partial charge on any atom is -0.391 e. The summed E-state index contributed by atoms with van der Waals surface area (Å²) in [6.45, 7) is 6.06. The van der Waals surface area contributed by atoms with E-state index in [0.717, 1.165) is 5.56 Å². The van der Waals surface area contributed by atoms with Crippen LogP contribution in [0.2, 0.25) is 0 Å². The highest BCUT2D eigenvalue weighted by atomic mass is 32.1. The van der Waals surface area contributed by atoms with Gasteiger partial charge in [0, 0.05) is 18.0 Å². The Hall–Kier alpha value is -1.44. The van der Waals surface area contributed by atoms with Gasteiger partial charge < -0.3 is 9.84 Å². The first-order chi connectivity index (χ1) is 9.93. The Bertz CT molecular complexity index is 770. The summed E-state index contributed by atoms with van der Waals surface area (Å²) in [4.78, 5) is 26.5. The molecular formula is C14H20N2O4S. The number of nitrogens with zero attached hydrogens (tertiary/aromatic N) is 2. The van der Waals surface area contributed by atoms with Crippen molar-refractivity contribution in [2.75, 3.05) is 13.7 Å². The third-order valence-electron chi connectivity index (χ3n) is 3.52. The number of hydrogen-bond donors (Lipinski definition) is 1. The van der Waals surface area contributed by atoms with E-state index in [-0.39, 0.29) is 23.9 Å². The van der Waals surface area contributed by atoms with Gasteiger partial charge in [0.1, 0.15) is 4.83 Å².